The van der Waals surface area contributed by atoms with Gasteiger partial charge in [-0.3, -0.25) is 9.59 Å². The van der Waals surface area contributed by atoms with Crippen molar-refractivity contribution in [3.05, 3.63) is 69.7 Å². The second-order valence-electron chi connectivity index (χ2n) is 6.37. The lowest BCUT2D eigenvalue weighted by atomic mass is 9.99. The van der Waals surface area contributed by atoms with Gasteiger partial charge in [-0.05, 0) is 36.1 Å². The number of nitrogens with one attached hydrogen (secondary N) is 1. The molecule has 1 aliphatic heterocycles. The first-order valence-corrected chi connectivity index (χ1v) is 9.35. The van der Waals surface area contributed by atoms with Gasteiger partial charge in [-0.2, -0.15) is 0 Å². The van der Waals surface area contributed by atoms with Crippen LogP contribution in [0.15, 0.2) is 48.5 Å². The molecule has 136 valence electrons. The third-order valence-corrected chi connectivity index (χ3v) is 5.12. The molecule has 1 atom stereocenters. The first kappa shape index (κ1) is 18.7. The van der Waals surface area contributed by atoms with Gasteiger partial charge in [0.2, 0.25) is 11.8 Å². The van der Waals surface area contributed by atoms with Gasteiger partial charge in [0.15, 0.2) is 0 Å². The molecule has 0 bridgehead atoms. The number of hydrogen-bond donors (Lipinski definition) is 1. The highest BCUT2D eigenvalue weighted by molar-refractivity contribution is 6.35. The topological polar surface area (TPSA) is 49.4 Å². The molecular formula is C20H20Cl2N2O2. The van der Waals surface area contributed by atoms with Gasteiger partial charge >= 0.3 is 0 Å². The quantitative estimate of drug-likeness (QED) is 0.831. The number of halogens is 2. The third-order valence-electron chi connectivity index (χ3n) is 4.53. The molecule has 0 radical (unpaired) electrons. The molecule has 1 aliphatic rings. The lowest BCUT2D eigenvalue weighted by Crippen LogP contribution is -2.51. The molecule has 0 unspecified atom stereocenters. The zero-order valence-corrected chi connectivity index (χ0v) is 15.8. The molecule has 4 nitrogen and oxygen atoms in total. The second-order valence-corrected chi connectivity index (χ2v) is 7.21. The standard InChI is InChI=1S/C20H20Cl2N2O2/c21-16-10-9-15(17(22)11-16)12-23-20(26)18-7-4-8-19(25)24(18)13-14-5-2-1-3-6-14/h1-3,5-6,9-11,18H,4,7-8,12-13H2,(H,23,26)/t18-/m1/s1. The van der Waals surface area contributed by atoms with Crippen molar-refractivity contribution in [2.24, 2.45) is 0 Å². The van der Waals surface area contributed by atoms with Gasteiger partial charge < -0.3 is 10.2 Å². The van der Waals surface area contributed by atoms with Crippen LogP contribution < -0.4 is 5.32 Å². The summed E-state index contributed by atoms with van der Waals surface area (Å²) in [5.74, 6) is -0.134. The van der Waals surface area contributed by atoms with Crippen LogP contribution in [0.3, 0.4) is 0 Å². The fraction of sp³-hybridized carbons (Fsp3) is 0.300. The van der Waals surface area contributed by atoms with Crippen LogP contribution in [-0.4, -0.2) is 22.8 Å². The number of amides is 2. The molecule has 0 aliphatic carbocycles. The maximum absolute atomic E-state index is 12.7. The van der Waals surface area contributed by atoms with Crippen LogP contribution in [-0.2, 0) is 22.7 Å². The molecule has 3 rings (SSSR count). The number of benzene rings is 2. The Hall–Kier alpha value is -2.04. The van der Waals surface area contributed by atoms with E-state index in [1.165, 1.54) is 0 Å². The molecular weight excluding hydrogens is 371 g/mol. The number of carbonyl (C=O) groups excluding carboxylic acids is 2. The van der Waals surface area contributed by atoms with Gasteiger partial charge in [0.05, 0.1) is 0 Å². The van der Waals surface area contributed by atoms with Gasteiger partial charge in [0.25, 0.3) is 0 Å². The third kappa shape index (κ3) is 4.57. The summed E-state index contributed by atoms with van der Waals surface area (Å²) in [5.41, 5.74) is 1.81. The summed E-state index contributed by atoms with van der Waals surface area (Å²) >= 11 is 12.1. The van der Waals surface area contributed by atoms with E-state index in [0.29, 0.717) is 36.0 Å². The van der Waals surface area contributed by atoms with E-state index in [1.54, 1.807) is 23.1 Å². The lowest BCUT2D eigenvalue weighted by Gasteiger charge is -2.34. The summed E-state index contributed by atoms with van der Waals surface area (Å²) < 4.78 is 0. The van der Waals surface area contributed by atoms with Gasteiger partial charge in [-0.1, -0.05) is 59.6 Å². The number of carbonyl (C=O) groups is 2. The van der Waals surface area contributed by atoms with Crippen LogP contribution >= 0.6 is 23.2 Å². The summed E-state index contributed by atoms with van der Waals surface area (Å²) in [5, 5.41) is 3.97. The van der Waals surface area contributed by atoms with Gasteiger partial charge in [-0.15, -0.1) is 0 Å². The van der Waals surface area contributed by atoms with Crippen molar-refractivity contribution >= 4 is 35.0 Å². The summed E-state index contributed by atoms with van der Waals surface area (Å²) in [6.45, 7) is 0.748. The minimum Gasteiger partial charge on any atom is -0.350 e. The van der Waals surface area contributed by atoms with Gasteiger partial charge in [0, 0.05) is 29.6 Å². The Labute approximate surface area is 163 Å². The van der Waals surface area contributed by atoms with E-state index < -0.39 is 6.04 Å². The Morgan fingerprint density at radius 3 is 2.65 bits per heavy atom. The summed E-state index contributed by atoms with van der Waals surface area (Å²) in [6, 6.07) is 14.4. The number of likely N-dealkylation sites (tertiary alicyclic amines) is 1. The van der Waals surface area contributed by atoms with Crippen LogP contribution in [0.5, 0.6) is 0 Å². The number of rotatable bonds is 5. The summed E-state index contributed by atoms with van der Waals surface area (Å²) in [4.78, 5) is 26.8. The van der Waals surface area contributed by atoms with E-state index in [-0.39, 0.29) is 11.8 Å². The molecule has 1 fully saturated rings. The predicted octanol–water partition coefficient (Wildman–Crippen LogP) is 4.19. The highest BCUT2D eigenvalue weighted by Gasteiger charge is 2.33. The monoisotopic (exact) mass is 390 g/mol. The largest absolute Gasteiger partial charge is 0.350 e. The normalized spacial score (nSPS) is 17.2. The SMILES string of the molecule is O=C(NCc1ccc(Cl)cc1Cl)[C@H]1CCCC(=O)N1Cc1ccccc1. The van der Waals surface area contributed by atoms with Crippen molar-refractivity contribution in [3.8, 4) is 0 Å². The van der Waals surface area contributed by atoms with E-state index in [2.05, 4.69) is 5.32 Å². The minimum atomic E-state index is -0.456. The van der Waals surface area contributed by atoms with Gasteiger partial charge in [-0.25, -0.2) is 0 Å². The zero-order chi connectivity index (χ0) is 18.5. The number of hydrogen-bond acceptors (Lipinski definition) is 2. The molecule has 0 aromatic heterocycles. The van der Waals surface area contributed by atoms with Crippen LogP contribution in [0.1, 0.15) is 30.4 Å². The number of nitrogens with zero attached hydrogens (tertiary/aromatic N) is 1. The molecule has 26 heavy (non-hydrogen) atoms. The molecule has 1 saturated heterocycles. The highest BCUT2D eigenvalue weighted by Crippen LogP contribution is 2.23. The zero-order valence-electron chi connectivity index (χ0n) is 14.3. The summed E-state index contributed by atoms with van der Waals surface area (Å²) in [6.07, 6.45) is 1.88. The molecule has 2 amide bonds. The van der Waals surface area contributed by atoms with E-state index in [1.807, 2.05) is 30.3 Å². The molecule has 2 aromatic rings. The minimum absolute atomic E-state index is 0.0183. The predicted molar refractivity (Wildman–Crippen MR) is 103 cm³/mol. The Balaban J connectivity index is 1.68. The fourth-order valence-corrected chi connectivity index (χ4v) is 3.61. The maximum Gasteiger partial charge on any atom is 0.243 e. The molecule has 2 aromatic carbocycles. The van der Waals surface area contributed by atoms with Crippen LogP contribution in [0.25, 0.3) is 0 Å². The fourth-order valence-electron chi connectivity index (χ4n) is 3.14. The average Bonchev–Trinajstić information content (AvgIpc) is 2.63. The Bertz CT molecular complexity index is 796. The maximum atomic E-state index is 12.7. The van der Waals surface area contributed by atoms with Crippen molar-refractivity contribution in [2.75, 3.05) is 0 Å². The van der Waals surface area contributed by atoms with Crippen molar-refractivity contribution in [2.45, 2.75) is 38.4 Å². The van der Waals surface area contributed by atoms with Crippen LogP contribution in [0.2, 0.25) is 10.0 Å². The second kappa shape index (κ2) is 8.56. The summed E-state index contributed by atoms with van der Waals surface area (Å²) in [7, 11) is 0. The van der Waals surface area contributed by atoms with Crippen LogP contribution in [0, 0.1) is 0 Å². The van der Waals surface area contributed by atoms with Crippen LogP contribution in [0.4, 0.5) is 0 Å². The Morgan fingerprint density at radius 1 is 1.15 bits per heavy atom. The lowest BCUT2D eigenvalue weighted by molar-refractivity contribution is -0.144. The Kier molecular flexibility index (Phi) is 6.17. The van der Waals surface area contributed by atoms with E-state index in [9.17, 15) is 9.59 Å². The highest BCUT2D eigenvalue weighted by atomic mass is 35.5. The number of piperidine rings is 1. The van der Waals surface area contributed by atoms with Crippen molar-refractivity contribution in [3.63, 3.8) is 0 Å². The smallest absolute Gasteiger partial charge is 0.243 e. The molecule has 0 saturated carbocycles. The van der Waals surface area contributed by atoms with Crippen molar-refractivity contribution in [1.82, 2.24) is 10.2 Å². The molecule has 0 spiro atoms. The van der Waals surface area contributed by atoms with E-state index in [4.69, 9.17) is 23.2 Å². The van der Waals surface area contributed by atoms with E-state index in [0.717, 1.165) is 17.5 Å². The van der Waals surface area contributed by atoms with Crippen molar-refractivity contribution < 1.29 is 9.59 Å². The molecule has 1 heterocycles. The Morgan fingerprint density at radius 2 is 1.92 bits per heavy atom. The van der Waals surface area contributed by atoms with Crippen molar-refractivity contribution in [1.29, 1.82) is 0 Å². The first-order valence-electron chi connectivity index (χ1n) is 8.59. The average molecular weight is 391 g/mol. The van der Waals surface area contributed by atoms with E-state index >= 15 is 0 Å². The molecule has 1 N–H and O–H groups in total. The van der Waals surface area contributed by atoms with Gasteiger partial charge in [0.1, 0.15) is 6.04 Å². The molecule has 6 heteroatoms. The first-order chi connectivity index (χ1) is 12.5.